The minimum Gasteiger partial charge on any atom is -0.379 e. The largest absolute Gasteiger partial charge is 0.379 e. The lowest BCUT2D eigenvalue weighted by Gasteiger charge is -2.26. The van der Waals surface area contributed by atoms with Crippen LogP contribution < -0.4 is 4.90 Å². The normalized spacial score (nSPS) is 17.4. The van der Waals surface area contributed by atoms with Crippen LogP contribution >= 0.6 is 0 Å². The molecule has 2 aromatic rings. The number of fused-ring (bicyclic) bond motifs is 1. The van der Waals surface area contributed by atoms with Crippen LogP contribution in [0, 0.1) is 0 Å². The van der Waals surface area contributed by atoms with Gasteiger partial charge in [-0.2, -0.15) is 0 Å². The highest BCUT2D eigenvalue weighted by Gasteiger charge is 2.28. The molecule has 7 nitrogen and oxygen atoms in total. The van der Waals surface area contributed by atoms with E-state index >= 15 is 0 Å². The van der Waals surface area contributed by atoms with Crippen molar-refractivity contribution in [3.05, 3.63) is 59.2 Å². The molecule has 0 unspecified atom stereocenters. The molecule has 2 heterocycles. The minimum absolute atomic E-state index is 0.0603. The zero-order valence-corrected chi connectivity index (χ0v) is 18.2. The predicted octanol–water partition coefficient (Wildman–Crippen LogP) is 1.97. The number of carbonyl (C=O) groups is 1. The van der Waals surface area contributed by atoms with E-state index < -0.39 is 10.0 Å². The quantitative estimate of drug-likeness (QED) is 0.727. The van der Waals surface area contributed by atoms with E-state index in [-0.39, 0.29) is 10.8 Å². The topological polar surface area (TPSA) is 70.2 Å². The molecule has 0 atom stereocenters. The molecule has 2 aromatic carbocycles. The van der Waals surface area contributed by atoms with Gasteiger partial charge in [0.1, 0.15) is 0 Å². The smallest absolute Gasteiger partial charge is 0.258 e. The summed E-state index contributed by atoms with van der Waals surface area (Å²) in [7, 11) is -0.457. The Morgan fingerprint density at radius 1 is 1.03 bits per heavy atom. The molecule has 1 saturated heterocycles. The Bertz CT molecular complexity index is 1030. The maximum absolute atomic E-state index is 13.1. The van der Waals surface area contributed by atoms with Crippen molar-refractivity contribution in [3.63, 3.8) is 0 Å². The third kappa shape index (κ3) is 4.13. The lowest BCUT2D eigenvalue weighted by atomic mass is 10.1. The Kier molecular flexibility index (Phi) is 5.92. The van der Waals surface area contributed by atoms with E-state index in [9.17, 15) is 13.2 Å². The lowest BCUT2D eigenvalue weighted by molar-refractivity contribution is 0.0342. The molecule has 0 aliphatic carbocycles. The monoisotopic (exact) mass is 429 g/mol. The van der Waals surface area contributed by atoms with Gasteiger partial charge < -0.3 is 9.64 Å². The zero-order chi connectivity index (χ0) is 21.3. The molecule has 160 valence electrons. The van der Waals surface area contributed by atoms with Gasteiger partial charge in [0.15, 0.2) is 0 Å². The summed E-state index contributed by atoms with van der Waals surface area (Å²) in [5.41, 5.74) is 3.48. The van der Waals surface area contributed by atoms with Crippen molar-refractivity contribution in [1.82, 2.24) is 9.21 Å². The van der Waals surface area contributed by atoms with Crippen LogP contribution in [0.2, 0.25) is 0 Å². The molecule has 0 bridgehead atoms. The summed E-state index contributed by atoms with van der Waals surface area (Å²) in [6.45, 7) is 4.79. The van der Waals surface area contributed by atoms with Crippen molar-refractivity contribution in [3.8, 4) is 0 Å². The number of rotatable bonds is 5. The number of ether oxygens (including phenoxy) is 1. The molecule has 2 aliphatic rings. The average Bonchev–Trinajstić information content (AvgIpc) is 3.17. The van der Waals surface area contributed by atoms with Gasteiger partial charge in [0.05, 0.1) is 18.1 Å². The highest BCUT2D eigenvalue weighted by Crippen LogP contribution is 2.32. The summed E-state index contributed by atoms with van der Waals surface area (Å²) in [4.78, 5) is 17.4. The third-order valence-corrected chi connectivity index (χ3v) is 7.49. The van der Waals surface area contributed by atoms with E-state index in [1.165, 1.54) is 24.0 Å². The SMILES string of the molecule is CN(C)S(=O)(=O)c1ccc2c(c1)CCN2C(=O)c1ccc(CN2CCOCC2)cc1. The Balaban J connectivity index is 1.49. The molecular formula is C22H27N3O4S. The Labute approximate surface area is 177 Å². The number of nitrogens with zero attached hydrogens (tertiary/aromatic N) is 3. The number of anilines is 1. The summed E-state index contributed by atoms with van der Waals surface area (Å²) < 4.78 is 31.3. The van der Waals surface area contributed by atoms with E-state index in [0.717, 1.165) is 44.1 Å². The Morgan fingerprint density at radius 3 is 2.40 bits per heavy atom. The second-order valence-electron chi connectivity index (χ2n) is 7.87. The summed E-state index contributed by atoms with van der Waals surface area (Å²) >= 11 is 0. The number of amides is 1. The van der Waals surface area contributed by atoms with Gasteiger partial charge in [0.2, 0.25) is 10.0 Å². The van der Waals surface area contributed by atoms with Crippen LogP contribution in [0.15, 0.2) is 47.4 Å². The fourth-order valence-corrected chi connectivity index (χ4v) is 4.84. The molecule has 8 heteroatoms. The van der Waals surface area contributed by atoms with Crippen molar-refractivity contribution in [2.45, 2.75) is 17.9 Å². The van der Waals surface area contributed by atoms with Gasteiger partial charge in [-0.05, 0) is 47.9 Å². The van der Waals surface area contributed by atoms with Gasteiger partial charge in [0, 0.05) is 51.5 Å². The van der Waals surface area contributed by atoms with Crippen molar-refractivity contribution in [1.29, 1.82) is 0 Å². The number of sulfonamides is 1. The maximum atomic E-state index is 13.1. The highest BCUT2D eigenvalue weighted by molar-refractivity contribution is 7.89. The van der Waals surface area contributed by atoms with Crippen molar-refractivity contribution < 1.29 is 17.9 Å². The van der Waals surface area contributed by atoms with Crippen LogP contribution in [-0.4, -0.2) is 70.5 Å². The fraction of sp³-hybridized carbons (Fsp3) is 0.409. The molecule has 0 saturated carbocycles. The number of hydrogen-bond acceptors (Lipinski definition) is 5. The second-order valence-corrected chi connectivity index (χ2v) is 10.0. The van der Waals surface area contributed by atoms with Crippen molar-refractivity contribution in [2.24, 2.45) is 0 Å². The van der Waals surface area contributed by atoms with Crippen molar-refractivity contribution in [2.75, 3.05) is 51.8 Å². The first-order valence-electron chi connectivity index (χ1n) is 10.1. The number of carbonyl (C=O) groups excluding carboxylic acids is 1. The van der Waals surface area contributed by atoms with Crippen molar-refractivity contribution >= 4 is 21.6 Å². The third-order valence-electron chi connectivity index (χ3n) is 5.68. The summed E-state index contributed by atoms with van der Waals surface area (Å²) in [5, 5.41) is 0. The zero-order valence-electron chi connectivity index (χ0n) is 17.4. The molecule has 0 radical (unpaired) electrons. The van der Waals surface area contributed by atoms with Gasteiger partial charge in [-0.15, -0.1) is 0 Å². The second kappa shape index (κ2) is 8.47. The average molecular weight is 430 g/mol. The van der Waals surface area contributed by atoms with Gasteiger partial charge >= 0.3 is 0 Å². The number of benzene rings is 2. The first kappa shape index (κ1) is 21.0. The maximum Gasteiger partial charge on any atom is 0.258 e. The summed E-state index contributed by atoms with van der Waals surface area (Å²) in [6, 6.07) is 12.8. The van der Waals surface area contributed by atoms with Crippen LogP contribution in [0.3, 0.4) is 0 Å². The molecule has 30 heavy (non-hydrogen) atoms. The van der Waals surface area contributed by atoms with E-state index in [4.69, 9.17) is 4.74 Å². The van der Waals surface area contributed by atoms with Crippen LogP contribution in [0.25, 0.3) is 0 Å². The van der Waals surface area contributed by atoms with E-state index in [2.05, 4.69) is 4.90 Å². The highest BCUT2D eigenvalue weighted by atomic mass is 32.2. The molecule has 0 N–H and O–H groups in total. The Hall–Kier alpha value is -2.26. The molecular weight excluding hydrogens is 402 g/mol. The van der Waals surface area contributed by atoms with Gasteiger partial charge in [-0.1, -0.05) is 12.1 Å². The molecule has 2 aliphatic heterocycles. The molecule has 1 fully saturated rings. The predicted molar refractivity (Wildman–Crippen MR) is 115 cm³/mol. The van der Waals surface area contributed by atoms with Gasteiger partial charge in [-0.3, -0.25) is 9.69 Å². The minimum atomic E-state index is -3.49. The van der Waals surface area contributed by atoms with E-state index in [0.29, 0.717) is 18.5 Å². The number of hydrogen-bond donors (Lipinski definition) is 0. The first-order chi connectivity index (χ1) is 14.4. The van der Waals surface area contributed by atoms with Crippen LogP contribution in [0.1, 0.15) is 21.5 Å². The van der Waals surface area contributed by atoms with E-state index in [1.54, 1.807) is 23.1 Å². The lowest BCUT2D eigenvalue weighted by Crippen LogP contribution is -2.35. The summed E-state index contributed by atoms with van der Waals surface area (Å²) in [5.74, 6) is -0.0603. The molecule has 4 rings (SSSR count). The van der Waals surface area contributed by atoms with Gasteiger partial charge in [0.25, 0.3) is 5.91 Å². The van der Waals surface area contributed by atoms with Crippen LogP contribution in [-0.2, 0) is 27.7 Å². The van der Waals surface area contributed by atoms with Crippen LogP contribution in [0.5, 0.6) is 0 Å². The standard InChI is InChI=1S/C22H27N3O4S/c1-23(2)30(27,28)20-7-8-21-19(15-20)9-10-25(21)22(26)18-5-3-17(4-6-18)16-24-11-13-29-14-12-24/h3-8,15H,9-14,16H2,1-2H3. The fourth-order valence-electron chi connectivity index (χ4n) is 3.89. The summed E-state index contributed by atoms with van der Waals surface area (Å²) in [6.07, 6.45) is 0.646. The van der Waals surface area contributed by atoms with Crippen LogP contribution in [0.4, 0.5) is 5.69 Å². The van der Waals surface area contributed by atoms with E-state index in [1.807, 2.05) is 24.3 Å². The Morgan fingerprint density at radius 2 is 1.73 bits per heavy atom. The van der Waals surface area contributed by atoms with Gasteiger partial charge in [-0.25, -0.2) is 12.7 Å². The number of morpholine rings is 1. The first-order valence-corrected chi connectivity index (χ1v) is 11.6. The molecule has 0 aromatic heterocycles. The molecule has 1 amide bonds. The molecule has 0 spiro atoms.